The molecule has 1 atom stereocenters. The van der Waals surface area contributed by atoms with E-state index in [1.54, 1.807) is 29.2 Å². The number of hydrogen-bond donors (Lipinski definition) is 3. The van der Waals surface area contributed by atoms with Crippen LogP contribution in [0, 0.1) is 11.3 Å². The number of rotatable bonds is 6. The maximum Gasteiger partial charge on any atom is 0.253 e. The molecule has 0 aromatic heterocycles. The van der Waals surface area contributed by atoms with Crippen LogP contribution >= 0.6 is 0 Å². The summed E-state index contributed by atoms with van der Waals surface area (Å²) in [6.07, 6.45) is 0.692. The van der Waals surface area contributed by atoms with E-state index in [9.17, 15) is 14.9 Å². The maximum atomic E-state index is 12.9. The van der Waals surface area contributed by atoms with Gasteiger partial charge in [0, 0.05) is 49.7 Å². The Labute approximate surface area is 170 Å². The van der Waals surface area contributed by atoms with Crippen LogP contribution in [-0.4, -0.2) is 49.4 Å². The molecule has 29 heavy (non-hydrogen) atoms. The minimum atomic E-state index is -0.742. The van der Waals surface area contributed by atoms with Crippen LogP contribution < -0.4 is 16.0 Å². The quantitative estimate of drug-likeness (QED) is 0.703. The number of carbonyl (C=O) groups excluding carboxylic acids is 2. The number of nitrogens with one attached hydrogen (secondary N) is 3. The summed E-state index contributed by atoms with van der Waals surface area (Å²) in [5, 5.41) is 18.4. The summed E-state index contributed by atoms with van der Waals surface area (Å²) in [4.78, 5) is 27.3. The fraction of sp³-hybridized carbons (Fsp3) is 0.318. The van der Waals surface area contributed by atoms with Gasteiger partial charge in [-0.1, -0.05) is 0 Å². The monoisotopic (exact) mass is 391 g/mol. The van der Waals surface area contributed by atoms with Gasteiger partial charge in [0.2, 0.25) is 0 Å². The van der Waals surface area contributed by atoms with Crippen LogP contribution in [0.5, 0.6) is 0 Å². The van der Waals surface area contributed by atoms with Gasteiger partial charge in [0.05, 0.1) is 18.0 Å². The number of hydrogen-bond acceptors (Lipinski definition) is 5. The summed E-state index contributed by atoms with van der Waals surface area (Å²) in [7, 11) is 3.63. The van der Waals surface area contributed by atoms with Crippen LogP contribution in [0.4, 0.5) is 11.4 Å². The molecule has 1 heterocycles. The molecule has 1 fully saturated rings. The Hall–Kier alpha value is -3.53. The van der Waals surface area contributed by atoms with E-state index in [4.69, 9.17) is 0 Å². The molecule has 1 aliphatic rings. The van der Waals surface area contributed by atoms with Crippen molar-refractivity contribution in [3.63, 3.8) is 0 Å². The molecule has 0 aliphatic carbocycles. The minimum Gasteiger partial charge on any atom is -0.388 e. The maximum absolute atomic E-state index is 12.9. The largest absolute Gasteiger partial charge is 0.388 e. The van der Waals surface area contributed by atoms with Gasteiger partial charge < -0.3 is 20.9 Å². The topological polar surface area (TPSA) is 97.3 Å². The normalized spacial score (nSPS) is 18.0. The average Bonchev–Trinajstić information content (AvgIpc) is 3.17. The molecule has 7 heteroatoms. The van der Waals surface area contributed by atoms with E-state index in [2.05, 4.69) is 22.0 Å². The first kappa shape index (κ1) is 20.2. The number of anilines is 2. The highest BCUT2D eigenvalue weighted by atomic mass is 16.2. The first-order chi connectivity index (χ1) is 14.0. The third-order valence-electron chi connectivity index (χ3n) is 5.29. The van der Waals surface area contributed by atoms with Gasteiger partial charge in [-0.15, -0.1) is 0 Å². The van der Waals surface area contributed by atoms with Gasteiger partial charge in [0.1, 0.15) is 0 Å². The average molecular weight is 391 g/mol. The Morgan fingerprint density at radius 2 is 1.55 bits per heavy atom. The van der Waals surface area contributed by atoms with Crippen molar-refractivity contribution < 1.29 is 9.59 Å². The lowest BCUT2D eigenvalue weighted by Crippen LogP contribution is -2.50. The Morgan fingerprint density at radius 3 is 2.07 bits per heavy atom. The molecule has 0 spiro atoms. The summed E-state index contributed by atoms with van der Waals surface area (Å²) in [5.41, 5.74) is 2.21. The number of likely N-dealkylation sites (tertiary alicyclic amines) is 1. The fourth-order valence-corrected chi connectivity index (χ4v) is 3.55. The van der Waals surface area contributed by atoms with Crippen LogP contribution in [0.25, 0.3) is 0 Å². The molecule has 0 bridgehead atoms. The number of nitriles is 1. The second-order valence-electron chi connectivity index (χ2n) is 7.20. The highest BCUT2D eigenvalue weighted by Crippen LogP contribution is 2.27. The summed E-state index contributed by atoms with van der Waals surface area (Å²) in [6.45, 7) is 0.806. The molecular weight excluding hydrogens is 366 g/mol. The Bertz CT molecular complexity index is 918. The van der Waals surface area contributed by atoms with Crippen molar-refractivity contribution in [2.75, 3.05) is 37.8 Å². The minimum absolute atomic E-state index is 0.0971. The lowest BCUT2D eigenvalue weighted by Gasteiger charge is -2.28. The third-order valence-corrected chi connectivity index (χ3v) is 5.29. The van der Waals surface area contributed by atoms with Crippen LogP contribution in [0.3, 0.4) is 0 Å². The van der Waals surface area contributed by atoms with Crippen molar-refractivity contribution in [1.82, 2.24) is 10.2 Å². The molecule has 1 saturated heterocycles. The molecule has 1 aliphatic heterocycles. The molecule has 0 saturated carbocycles. The lowest BCUT2D eigenvalue weighted by molar-refractivity contribution is 0.0766. The molecule has 0 radical (unpaired) electrons. The number of amides is 2. The summed E-state index contributed by atoms with van der Waals surface area (Å²) < 4.78 is 0. The standard InChI is InChI=1S/C22H25N5O2/c1-24-18-7-3-16(4-8-18)20(28)26-22(11-13-23)12-14-27(15-22)21(29)17-5-9-19(25-2)10-6-17/h3-10,24-25H,11-12,14-15H2,1-2H3,(H,26,28). The van der Waals surface area contributed by atoms with E-state index in [0.29, 0.717) is 30.6 Å². The molecule has 3 rings (SSSR count). The van der Waals surface area contributed by atoms with E-state index in [-0.39, 0.29) is 18.2 Å². The molecule has 3 N–H and O–H groups in total. The SMILES string of the molecule is CNc1ccc(C(=O)NC2(CC#N)CCN(C(=O)c3ccc(NC)cc3)C2)cc1. The summed E-state index contributed by atoms with van der Waals surface area (Å²) >= 11 is 0. The molecule has 2 aromatic carbocycles. The summed E-state index contributed by atoms with van der Waals surface area (Å²) in [6, 6.07) is 16.6. The Balaban J connectivity index is 1.72. The second kappa shape index (κ2) is 8.65. The second-order valence-corrected chi connectivity index (χ2v) is 7.20. The van der Waals surface area contributed by atoms with E-state index in [1.807, 2.05) is 38.4 Å². The predicted octanol–water partition coefficient (Wildman–Crippen LogP) is 2.70. The third kappa shape index (κ3) is 4.49. The molecule has 1 unspecified atom stereocenters. The van der Waals surface area contributed by atoms with Gasteiger partial charge in [0.25, 0.3) is 11.8 Å². The summed E-state index contributed by atoms with van der Waals surface area (Å²) in [5.74, 6) is -0.337. The van der Waals surface area contributed by atoms with Crippen molar-refractivity contribution in [3.05, 3.63) is 59.7 Å². The van der Waals surface area contributed by atoms with E-state index < -0.39 is 5.54 Å². The molecule has 150 valence electrons. The van der Waals surface area contributed by atoms with Gasteiger partial charge in [-0.2, -0.15) is 5.26 Å². The van der Waals surface area contributed by atoms with Crippen LogP contribution in [0.15, 0.2) is 48.5 Å². The van der Waals surface area contributed by atoms with E-state index in [0.717, 1.165) is 11.4 Å². The van der Waals surface area contributed by atoms with E-state index >= 15 is 0 Å². The first-order valence-corrected chi connectivity index (χ1v) is 9.54. The zero-order valence-electron chi connectivity index (χ0n) is 16.7. The lowest BCUT2D eigenvalue weighted by atomic mass is 9.94. The highest BCUT2D eigenvalue weighted by Gasteiger charge is 2.41. The van der Waals surface area contributed by atoms with Gasteiger partial charge >= 0.3 is 0 Å². The number of carbonyl (C=O) groups is 2. The van der Waals surface area contributed by atoms with Crippen molar-refractivity contribution in [2.45, 2.75) is 18.4 Å². The van der Waals surface area contributed by atoms with Gasteiger partial charge in [-0.3, -0.25) is 9.59 Å². The first-order valence-electron chi connectivity index (χ1n) is 9.54. The van der Waals surface area contributed by atoms with Crippen LogP contribution in [-0.2, 0) is 0 Å². The smallest absolute Gasteiger partial charge is 0.253 e. The van der Waals surface area contributed by atoms with Crippen molar-refractivity contribution in [2.24, 2.45) is 0 Å². The van der Waals surface area contributed by atoms with Crippen molar-refractivity contribution in [3.8, 4) is 6.07 Å². The van der Waals surface area contributed by atoms with Crippen molar-refractivity contribution in [1.29, 1.82) is 5.26 Å². The number of nitrogens with zero attached hydrogens (tertiary/aromatic N) is 2. The highest BCUT2D eigenvalue weighted by molar-refractivity contribution is 5.96. The molecule has 7 nitrogen and oxygen atoms in total. The molecule has 2 aromatic rings. The van der Waals surface area contributed by atoms with Crippen molar-refractivity contribution >= 4 is 23.2 Å². The Morgan fingerprint density at radius 1 is 1.00 bits per heavy atom. The van der Waals surface area contributed by atoms with Crippen LogP contribution in [0.1, 0.15) is 33.6 Å². The molecule has 2 amide bonds. The predicted molar refractivity (Wildman–Crippen MR) is 113 cm³/mol. The fourth-order valence-electron chi connectivity index (χ4n) is 3.55. The van der Waals surface area contributed by atoms with E-state index in [1.165, 1.54) is 0 Å². The molecular formula is C22H25N5O2. The number of benzene rings is 2. The zero-order valence-corrected chi connectivity index (χ0v) is 16.7. The van der Waals surface area contributed by atoms with Crippen LogP contribution in [0.2, 0.25) is 0 Å². The zero-order chi connectivity index (χ0) is 20.9. The van der Waals surface area contributed by atoms with Gasteiger partial charge in [0.15, 0.2) is 0 Å². The Kier molecular flexibility index (Phi) is 6.03. The van der Waals surface area contributed by atoms with Gasteiger partial charge in [-0.05, 0) is 55.0 Å². The van der Waals surface area contributed by atoms with Gasteiger partial charge in [-0.25, -0.2) is 0 Å².